The van der Waals surface area contributed by atoms with Crippen molar-refractivity contribution in [2.45, 2.75) is 0 Å². The summed E-state index contributed by atoms with van der Waals surface area (Å²) in [6.45, 7) is 0. The predicted octanol–water partition coefficient (Wildman–Crippen LogP) is 5.65. The van der Waals surface area contributed by atoms with Gasteiger partial charge in [-0.15, -0.1) is 0 Å². The Kier molecular flexibility index (Phi) is 4.72. The molecule has 0 saturated carbocycles. The van der Waals surface area contributed by atoms with Crippen LogP contribution in [0.25, 0.3) is 10.8 Å². The lowest BCUT2D eigenvalue weighted by Crippen LogP contribution is -2.40. The monoisotopic (exact) mass is 459 g/mol. The molecule has 0 atom stereocenters. The van der Waals surface area contributed by atoms with Gasteiger partial charge in [-0.2, -0.15) is 0 Å². The van der Waals surface area contributed by atoms with Crippen molar-refractivity contribution in [2.24, 2.45) is 0 Å². The topological polar surface area (TPSA) is 113 Å². The molecule has 8 nitrogen and oxygen atoms in total. The van der Waals surface area contributed by atoms with E-state index in [1.807, 2.05) is 0 Å². The zero-order valence-electron chi connectivity index (χ0n) is 16.8. The minimum Gasteiger partial charge on any atom is -0.508 e. The number of phenols is 1. The summed E-state index contributed by atoms with van der Waals surface area (Å²) in [4.78, 5) is 39.0. The summed E-state index contributed by atoms with van der Waals surface area (Å²) in [6.07, 6.45) is 0. The average Bonchev–Trinajstić information content (AvgIpc) is 2.79. The fourth-order valence-corrected chi connectivity index (χ4v) is 4.10. The van der Waals surface area contributed by atoms with Gasteiger partial charge in [-0.3, -0.25) is 19.7 Å². The molecule has 0 aromatic heterocycles. The van der Waals surface area contributed by atoms with Crippen molar-refractivity contribution < 1.29 is 19.6 Å². The third kappa shape index (κ3) is 3.33. The molecule has 33 heavy (non-hydrogen) atoms. The number of hydrogen-bond donors (Lipinski definition) is 2. The van der Waals surface area contributed by atoms with Crippen LogP contribution in [0.5, 0.6) is 5.75 Å². The number of rotatable bonds is 4. The van der Waals surface area contributed by atoms with Crippen molar-refractivity contribution in [1.29, 1.82) is 0 Å². The van der Waals surface area contributed by atoms with E-state index in [2.05, 4.69) is 5.32 Å². The first-order valence-electron chi connectivity index (χ1n) is 9.79. The molecule has 0 bridgehead atoms. The van der Waals surface area contributed by atoms with Crippen molar-refractivity contribution >= 4 is 56.9 Å². The van der Waals surface area contributed by atoms with Crippen LogP contribution in [0.3, 0.4) is 0 Å². The molecule has 0 aliphatic carbocycles. The van der Waals surface area contributed by atoms with Crippen LogP contribution in [-0.4, -0.2) is 21.8 Å². The molecule has 4 aromatic rings. The number of carbonyl (C=O) groups excluding carboxylic acids is 2. The maximum atomic E-state index is 13.4. The third-order valence-electron chi connectivity index (χ3n) is 5.41. The van der Waals surface area contributed by atoms with Crippen molar-refractivity contribution in [3.8, 4) is 5.75 Å². The standard InChI is InChI=1S/C24H14ClN3O5/c25-13-7-9-14(10-8-13)26-22-17-5-2-6-18-21(17)19(12-20(22)28(32)33)24(31)27(23(18)30)15-3-1-4-16(29)11-15/h1-12,26,29H. The average molecular weight is 460 g/mol. The van der Waals surface area contributed by atoms with Gasteiger partial charge in [0.05, 0.1) is 16.2 Å². The van der Waals surface area contributed by atoms with E-state index >= 15 is 0 Å². The van der Waals surface area contributed by atoms with Gasteiger partial charge in [-0.25, -0.2) is 4.90 Å². The first kappa shape index (κ1) is 20.5. The Balaban J connectivity index is 1.75. The molecule has 0 saturated heterocycles. The predicted molar refractivity (Wildman–Crippen MR) is 125 cm³/mol. The number of imide groups is 1. The van der Waals surface area contributed by atoms with Gasteiger partial charge in [0.1, 0.15) is 11.4 Å². The van der Waals surface area contributed by atoms with Crippen molar-refractivity contribution in [3.05, 3.63) is 99.1 Å². The van der Waals surface area contributed by atoms with Crippen molar-refractivity contribution in [1.82, 2.24) is 0 Å². The molecule has 162 valence electrons. The molecule has 0 fully saturated rings. The molecule has 1 aliphatic heterocycles. The molecule has 2 amide bonds. The molecule has 0 spiro atoms. The molecule has 4 aromatic carbocycles. The Bertz CT molecular complexity index is 1480. The molecular weight excluding hydrogens is 446 g/mol. The number of aromatic hydroxyl groups is 1. The zero-order chi connectivity index (χ0) is 23.3. The number of halogens is 1. The number of benzene rings is 4. The van der Waals surface area contributed by atoms with Gasteiger partial charge in [-0.05, 0) is 42.5 Å². The first-order valence-corrected chi connectivity index (χ1v) is 10.2. The Morgan fingerprint density at radius 2 is 1.61 bits per heavy atom. The number of amides is 2. The summed E-state index contributed by atoms with van der Waals surface area (Å²) in [5.74, 6) is -1.42. The van der Waals surface area contributed by atoms with E-state index in [9.17, 15) is 24.8 Å². The summed E-state index contributed by atoms with van der Waals surface area (Å²) in [5, 5.41) is 26.0. The molecule has 0 radical (unpaired) electrons. The Morgan fingerprint density at radius 1 is 0.909 bits per heavy atom. The van der Waals surface area contributed by atoms with Crippen molar-refractivity contribution in [2.75, 3.05) is 10.2 Å². The smallest absolute Gasteiger partial charge is 0.294 e. The van der Waals surface area contributed by atoms with E-state index < -0.39 is 16.7 Å². The van der Waals surface area contributed by atoms with E-state index in [1.165, 1.54) is 30.3 Å². The lowest BCUT2D eigenvalue weighted by Gasteiger charge is -2.28. The number of carbonyl (C=O) groups is 2. The van der Waals surface area contributed by atoms with Gasteiger partial charge in [0.15, 0.2) is 0 Å². The van der Waals surface area contributed by atoms with E-state index in [0.29, 0.717) is 21.5 Å². The molecule has 9 heteroatoms. The van der Waals surface area contributed by atoms with Gasteiger partial charge >= 0.3 is 0 Å². The molecular formula is C24H14ClN3O5. The van der Waals surface area contributed by atoms with Gasteiger partial charge in [-0.1, -0.05) is 29.8 Å². The summed E-state index contributed by atoms with van der Waals surface area (Å²) in [5.41, 5.74) is 0.811. The van der Waals surface area contributed by atoms with E-state index in [1.54, 1.807) is 42.5 Å². The second kappa shape index (κ2) is 7.61. The number of nitro benzene ring substituents is 1. The summed E-state index contributed by atoms with van der Waals surface area (Å²) < 4.78 is 0. The lowest BCUT2D eigenvalue weighted by molar-refractivity contribution is -0.383. The van der Waals surface area contributed by atoms with Crippen LogP contribution in [-0.2, 0) is 0 Å². The summed E-state index contributed by atoms with van der Waals surface area (Å²) in [7, 11) is 0. The molecule has 5 rings (SSSR count). The number of nitro groups is 1. The highest BCUT2D eigenvalue weighted by atomic mass is 35.5. The first-order chi connectivity index (χ1) is 15.8. The largest absolute Gasteiger partial charge is 0.508 e. The fourth-order valence-electron chi connectivity index (χ4n) is 3.97. The maximum Gasteiger partial charge on any atom is 0.294 e. The van der Waals surface area contributed by atoms with Gasteiger partial charge in [0.2, 0.25) is 0 Å². The highest BCUT2D eigenvalue weighted by molar-refractivity contribution is 6.37. The third-order valence-corrected chi connectivity index (χ3v) is 5.66. The minimum atomic E-state index is -0.713. The number of nitrogens with one attached hydrogen (secondary N) is 1. The van der Waals surface area contributed by atoms with Gasteiger partial charge < -0.3 is 10.4 Å². The van der Waals surface area contributed by atoms with Gasteiger partial charge in [0.25, 0.3) is 17.5 Å². The fraction of sp³-hybridized carbons (Fsp3) is 0. The number of hydrogen-bond acceptors (Lipinski definition) is 6. The normalized spacial score (nSPS) is 12.8. The van der Waals surface area contributed by atoms with Crippen LogP contribution < -0.4 is 10.2 Å². The highest BCUT2D eigenvalue weighted by Crippen LogP contribution is 2.42. The molecule has 0 unspecified atom stereocenters. The highest BCUT2D eigenvalue weighted by Gasteiger charge is 2.37. The Morgan fingerprint density at radius 3 is 2.30 bits per heavy atom. The maximum absolute atomic E-state index is 13.4. The quantitative estimate of drug-likeness (QED) is 0.231. The minimum absolute atomic E-state index is 0.0249. The molecule has 2 N–H and O–H groups in total. The Hall–Kier alpha value is -4.43. The second-order valence-electron chi connectivity index (χ2n) is 7.40. The van der Waals surface area contributed by atoms with E-state index in [4.69, 9.17) is 11.6 Å². The van der Waals surface area contributed by atoms with Crippen LogP contribution in [0, 0.1) is 10.1 Å². The van der Waals surface area contributed by atoms with Crippen LogP contribution in [0.4, 0.5) is 22.7 Å². The van der Waals surface area contributed by atoms with Crippen molar-refractivity contribution in [3.63, 3.8) is 0 Å². The SMILES string of the molecule is O=C1c2cccc3c(Nc4ccc(Cl)cc4)c([N+](=O)[O-])cc(c23)C(=O)N1c1cccc(O)c1. The molecule has 1 heterocycles. The van der Waals surface area contributed by atoms with Crippen LogP contribution in [0.1, 0.15) is 20.7 Å². The number of nitrogens with zero attached hydrogens (tertiary/aromatic N) is 2. The number of phenolic OH excluding ortho intramolecular Hbond substituents is 1. The van der Waals surface area contributed by atoms with Gasteiger partial charge in [0, 0.05) is 39.2 Å². The van der Waals surface area contributed by atoms with E-state index in [0.717, 1.165) is 4.90 Å². The van der Waals surface area contributed by atoms with Crippen LogP contribution in [0.15, 0.2) is 72.8 Å². The summed E-state index contributed by atoms with van der Waals surface area (Å²) in [6, 6.07) is 18.3. The number of anilines is 3. The van der Waals surface area contributed by atoms with Crippen LogP contribution in [0.2, 0.25) is 5.02 Å². The summed E-state index contributed by atoms with van der Waals surface area (Å²) >= 11 is 5.93. The van der Waals surface area contributed by atoms with E-state index in [-0.39, 0.29) is 33.9 Å². The Labute approximate surface area is 191 Å². The zero-order valence-corrected chi connectivity index (χ0v) is 17.5. The lowest BCUT2D eigenvalue weighted by atomic mass is 9.91. The molecule has 1 aliphatic rings. The van der Waals surface area contributed by atoms with Crippen LogP contribution >= 0.6 is 11.6 Å². The second-order valence-corrected chi connectivity index (χ2v) is 7.84.